The number of unbranched alkanes of at least 4 members (excludes halogenated alkanes) is 4. The van der Waals surface area contributed by atoms with Gasteiger partial charge < -0.3 is 10.5 Å². The summed E-state index contributed by atoms with van der Waals surface area (Å²) in [4.78, 5) is 0. The van der Waals surface area contributed by atoms with Crippen molar-refractivity contribution in [2.24, 2.45) is 11.7 Å². The fraction of sp³-hybridized carbons (Fsp3) is 0.714. The Labute approximate surface area is 142 Å². The van der Waals surface area contributed by atoms with E-state index in [-0.39, 0.29) is 5.54 Å². The zero-order valence-corrected chi connectivity index (χ0v) is 15.2. The normalized spacial score (nSPS) is 24.0. The highest BCUT2D eigenvalue weighted by Gasteiger charge is 2.37. The number of nitrogens with two attached hydrogens (primary N) is 1. The van der Waals surface area contributed by atoms with E-state index in [1.807, 2.05) is 0 Å². The SMILES string of the molecule is CCCCCCCOc1ccc(C[C@H]2CCC[C@]2(N)CC)cc1. The highest BCUT2D eigenvalue weighted by atomic mass is 16.5. The minimum absolute atomic E-state index is 0.0632. The van der Waals surface area contributed by atoms with Crippen molar-refractivity contribution < 1.29 is 4.74 Å². The summed E-state index contributed by atoms with van der Waals surface area (Å²) in [6, 6.07) is 8.70. The second-order valence-electron chi connectivity index (χ2n) is 7.29. The van der Waals surface area contributed by atoms with E-state index in [1.165, 1.54) is 50.5 Å². The van der Waals surface area contributed by atoms with Gasteiger partial charge in [0.25, 0.3) is 0 Å². The first kappa shape index (κ1) is 18.3. The lowest BCUT2D eigenvalue weighted by Crippen LogP contribution is -2.43. The molecule has 23 heavy (non-hydrogen) atoms. The zero-order chi connectivity index (χ0) is 16.5. The van der Waals surface area contributed by atoms with Crippen LogP contribution in [0.15, 0.2) is 24.3 Å². The number of ether oxygens (including phenoxy) is 1. The third-order valence-corrected chi connectivity index (χ3v) is 5.59. The molecule has 1 aromatic rings. The lowest BCUT2D eigenvalue weighted by atomic mass is 9.82. The predicted octanol–water partition coefficient (Wildman–Crippen LogP) is 5.49. The van der Waals surface area contributed by atoms with Crippen LogP contribution in [0.25, 0.3) is 0 Å². The number of rotatable bonds is 10. The summed E-state index contributed by atoms with van der Waals surface area (Å²) in [5, 5.41) is 0. The van der Waals surface area contributed by atoms with Gasteiger partial charge in [0.1, 0.15) is 5.75 Å². The van der Waals surface area contributed by atoms with E-state index in [0.29, 0.717) is 5.92 Å². The molecule has 2 nitrogen and oxygen atoms in total. The standard InChI is InChI=1S/C21H35NO/c1-3-5-6-7-8-16-23-20-13-11-18(12-14-20)17-19-10-9-15-21(19,22)4-2/h11-14,19H,3-10,15-17,22H2,1-2H3/t19-,21-/m1/s1. The molecule has 2 N–H and O–H groups in total. The van der Waals surface area contributed by atoms with Crippen LogP contribution in [0.2, 0.25) is 0 Å². The molecule has 2 atom stereocenters. The molecule has 0 amide bonds. The fourth-order valence-corrected chi connectivity index (χ4v) is 3.84. The second kappa shape index (κ2) is 9.32. The van der Waals surface area contributed by atoms with Crippen molar-refractivity contribution in [1.82, 2.24) is 0 Å². The minimum atomic E-state index is 0.0632. The average molecular weight is 318 g/mol. The van der Waals surface area contributed by atoms with Crippen LogP contribution in [0.5, 0.6) is 5.75 Å². The fourth-order valence-electron chi connectivity index (χ4n) is 3.84. The first-order valence-corrected chi connectivity index (χ1v) is 9.68. The van der Waals surface area contributed by atoms with Crippen LogP contribution in [0, 0.1) is 5.92 Å². The average Bonchev–Trinajstić information content (AvgIpc) is 2.94. The highest BCUT2D eigenvalue weighted by Crippen LogP contribution is 2.38. The Bertz CT molecular complexity index is 442. The zero-order valence-electron chi connectivity index (χ0n) is 15.2. The Morgan fingerprint density at radius 3 is 2.52 bits per heavy atom. The van der Waals surface area contributed by atoms with E-state index < -0.39 is 0 Å². The number of hydrogen-bond donors (Lipinski definition) is 1. The third kappa shape index (κ3) is 5.53. The second-order valence-corrected chi connectivity index (χ2v) is 7.29. The Morgan fingerprint density at radius 1 is 1.09 bits per heavy atom. The maximum Gasteiger partial charge on any atom is 0.119 e. The van der Waals surface area contributed by atoms with Gasteiger partial charge in [0.2, 0.25) is 0 Å². The van der Waals surface area contributed by atoms with Gasteiger partial charge >= 0.3 is 0 Å². The maximum absolute atomic E-state index is 6.57. The summed E-state index contributed by atoms with van der Waals surface area (Å²) in [6.07, 6.45) is 12.4. The van der Waals surface area contributed by atoms with Gasteiger partial charge in [0.05, 0.1) is 6.61 Å². The minimum Gasteiger partial charge on any atom is -0.494 e. The van der Waals surface area contributed by atoms with Crippen LogP contribution < -0.4 is 10.5 Å². The first-order chi connectivity index (χ1) is 11.2. The van der Waals surface area contributed by atoms with Crippen molar-refractivity contribution in [3.63, 3.8) is 0 Å². The van der Waals surface area contributed by atoms with Gasteiger partial charge in [-0.3, -0.25) is 0 Å². The van der Waals surface area contributed by atoms with Crippen molar-refractivity contribution >= 4 is 0 Å². The van der Waals surface area contributed by atoms with Crippen molar-refractivity contribution in [2.45, 2.75) is 83.6 Å². The molecule has 0 aliphatic heterocycles. The highest BCUT2D eigenvalue weighted by molar-refractivity contribution is 5.28. The quantitative estimate of drug-likeness (QED) is 0.579. The summed E-state index contributed by atoms with van der Waals surface area (Å²) in [6.45, 7) is 5.32. The van der Waals surface area contributed by atoms with Crippen LogP contribution in [-0.4, -0.2) is 12.1 Å². The Hall–Kier alpha value is -1.02. The van der Waals surface area contributed by atoms with Gasteiger partial charge in [-0.05, 0) is 55.7 Å². The lowest BCUT2D eigenvalue weighted by molar-refractivity contribution is 0.301. The van der Waals surface area contributed by atoms with Crippen LogP contribution in [-0.2, 0) is 6.42 Å². The monoisotopic (exact) mass is 317 g/mol. The van der Waals surface area contributed by atoms with Crippen LogP contribution in [0.1, 0.15) is 77.2 Å². The van der Waals surface area contributed by atoms with Crippen LogP contribution in [0.4, 0.5) is 0 Å². The summed E-state index contributed by atoms with van der Waals surface area (Å²) >= 11 is 0. The molecule has 0 heterocycles. The molecule has 2 heteroatoms. The molecule has 0 radical (unpaired) electrons. The molecule has 130 valence electrons. The molecular weight excluding hydrogens is 282 g/mol. The van der Waals surface area contributed by atoms with E-state index in [9.17, 15) is 0 Å². The molecule has 1 aromatic carbocycles. The maximum atomic E-state index is 6.57. The Kier molecular flexibility index (Phi) is 7.42. The van der Waals surface area contributed by atoms with Gasteiger partial charge in [0, 0.05) is 5.54 Å². The molecule has 1 aliphatic rings. The summed E-state index contributed by atoms with van der Waals surface area (Å²) < 4.78 is 5.85. The number of benzene rings is 1. The van der Waals surface area contributed by atoms with Crippen molar-refractivity contribution in [3.05, 3.63) is 29.8 Å². The van der Waals surface area contributed by atoms with Gasteiger partial charge in [-0.25, -0.2) is 0 Å². The molecular formula is C21H35NO. The predicted molar refractivity (Wildman–Crippen MR) is 99.0 cm³/mol. The lowest BCUT2D eigenvalue weighted by Gasteiger charge is -2.30. The first-order valence-electron chi connectivity index (χ1n) is 9.68. The largest absolute Gasteiger partial charge is 0.494 e. The molecule has 0 unspecified atom stereocenters. The van der Waals surface area contributed by atoms with E-state index in [2.05, 4.69) is 38.1 Å². The summed E-state index contributed by atoms with van der Waals surface area (Å²) in [5.74, 6) is 1.64. The van der Waals surface area contributed by atoms with E-state index in [1.54, 1.807) is 0 Å². The molecule has 0 spiro atoms. The van der Waals surface area contributed by atoms with Crippen molar-refractivity contribution in [1.29, 1.82) is 0 Å². The van der Waals surface area contributed by atoms with E-state index in [0.717, 1.165) is 31.6 Å². The Morgan fingerprint density at radius 2 is 1.83 bits per heavy atom. The molecule has 1 saturated carbocycles. The van der Waals surface area contributed by atoms with Crippen LogP contribution >= 0.6 is 0 Å². The molecule has 0 saturated heterocycles. The Balaban J connectivity index is 1.74. The molecule has 0 aromatic heterocycles. The summed E-state index contributed by atoms with van der Waals surface area (Å²) in [7, 11) is 0. The van der Waals surface area contributed by atoms with Crippen LogP contribution in [0.3, 0.4) is 0 Å². The van der Waals surface area contributed by atoms with Gasteiger partial charge in [0.15, 0.2) is 0 Å². The third-order valence-electron chi connectivity index (χ3n) is 5.59. The smallest absolute Gasteiger partial charge is 0.119 e. The van der Waals surface area contributed by atoms with Gasteiger partial charge in [-0.2, -0.15) is 0 Å². The summed E-state index contributed by atoms with van der Waals surface area (Å²) in [5.41, 5.74) is 8.03. The molecule has 2 rings (SSSR count). The van der Waals surface area contributed by atoms with E-state index >= 15 is 0 Å². The van der Waals surface area contributed by atoms with Gasteiger partial charge in [-0.15, -0.1) is 0 Å². The van der Waals surface area contributed by atoms with Crippen molar-refractivity contribution in [3.8, 4) is 5.75 Å². The van der Waals surface area contributed by atoms with E-state index in [4.69, 9.17) is 10.5 Å². The van der Waals surface area contributed by atoms with Crippen molar-refractivity contribution in [2.75, 3.05) is 6.61 Å². The van der Waals surface area contributed by atoms with Gasteiger partial charge in [-0.1, -0.05) is 58.1 Å². The molecule has 0 bridgehead atoms. The molecule has 1 aliphatic carbocycles. The topological polar surface area (TPSA) is 35.2 Å². The number of hydrogen-bond acceptors (Lipinski definition) is 2. The molecule has 1 fully saturated rings.